The molecular formula is C15H16O2S. The van der Waals surface area contributed by atoms with Gasteiger partial charge in [0, 0.05) is 5.41 Å². The van der Waals surface area contributed by atoms with Crippen molar-refractivity contribution in [3.8, 4) is 0 Å². The fourth-order valence-electron chi connectivity index (χ4n) is 1.23. The van der Waals surface area contributed by atoms with Crippen molar-refractivity contribution in [1.82, 2.24) is 0 Å². The van der Waals surface area contributed by atoms with Crippen LogP contribution in [-0.2, 0) is 9.84 Å². The molecule has 0 spiro atoms. The van der Waals surface area contributed by atoms with Gasteiger partial charge in [-0.2, -0.15) is 0 Å². The minimum absolute atomic E-state index is 0.305. The van der Waals surface area contributed by atoms with E-state index in [9.17, 15) is 8.42 Å². The lowest BCUT2D eigenvalue weighted by molar-refractivity contribution is 0.604. The molecular weight excluding hydrogens is 244 g/mol. The number of rotatable bonds is 5. The van der Waals surface area contributed by atoms with Gasteiger partial charge in [-0.05, 0) is 19.1 Å². The van der Waals surface area contributed by atoms with Gasteiger partial charge in [-0.15, -0.1) is 0 Å². The molecule has 0 heterocycles. The van der Waals surface area contributed by atoms with E-state index < -0.39 is 9.84 Å². The van der Waals surface area contributed by atoms with E-state index in [1.807, 2.05) is 6.92 Å². The molecule has 0 saturated heterocycles. The summed E-state index contributed by atoms with van der Waals surface area (Å²) in [7, 11) is -3.35. The number of aryl methyl sites for hydroxylation is 1. The van der Waals surface area contributed by atoms with Crippen LogP contribution in [0, 0.1) is 6.92 Å². The van der Waals surface area contributed by atoms with Gasteiger partial charge in [0.2, 0.25) is 0 Å². The number of sulfone groups is 1. The Labute approximate surface area is 109 Å². The third-order valence-corrected chi connectivity index (χ3v) is 3.63. The first-order chi connectivity index (χ1) is 8.56. The number of hydrogen-bond donors (Lipinski definition) is 0. The van der Waals surface area contributed by atoms with Crippen LogP contribution < -0.4 is 0 Å². The molecule has 0 bridgehead atoms. The highest BCUT2D eigenvalue weighted by Gasteiger charge is 2.08. The second kappa shape index (κ2) is 6.77. The van der Waals surface area contributed by atoms with Crippen molar-refractivity contribution in [1.29, 1.82) is 0 Å². The molecule has 1 aromatic rings. The third-order valence-electron chi connectivity index (χ3n) is 2.19. The number of allylic oxidation sites excluding steroid dienone is 6. The Bertz CT molecular complexity index is 573. The fraction of sp³-hybridized carbons (Fsp3) is 0.0667. The quantitative estimate of drug-likeness (QED) is 0.758. The molecule has 0 atom stereocenters. The van der Waals surface area contributed by atoms with Gasteiger partial charge in [0.25, 0.3) is 0 Å². The van der Waals surface area contributed by atoms with Crippen LogP contribution in [-0.4, -0.2) is 8.42 Å². The van der Waals surface area contributed by atoms with Crippen molar-refractivity contribution in [3.63, 3.8) is 0 Å². The number of hydrogen-bond acceptors (Lipinski definition) is 2. The molecule has 0 aromatic heterocycles. The Morgan fingerprint density at radius 3 is 2.11 bits per heavy atom. The average Bonchev–Trinajstić information content (AvgIpc) is 2.34. The maximum atomic E-state index is 11.9. The van der Waals surface area contributed by atoms with Gasteiger partial charge in [-0.1, -0.05) is 60.7 Å². The van der Waals surface area contributed by atoms with Crippen molar-refractivity contribution in [3.05, 3.63) is 78.3 Å². The molecule has 18 heavy (non-hydrogen) atoms. The van der Waals surface area contributed by atoms with Gasteiger partial charge in [0.05, 0.1) is 4.90 Å². The normalized spacial score (nSPS) is 12.7. The second-order valence-corrected chi connectivity index (χ2v) is 5.53. The lowest BCUT2D eigenvalue weighted by Crippen LogP contribution is -1.95. The summed E-state index contributed by atoms with van der Waals surface area (Å²) in [6, 6.07) is 6.78. The van der Waals surface area contributed by atoms with E-state index in [0.29, 0.717) is 4.90 Å². The summed E-state index contributed by atoms with van der Waals surface area (Å²) in [4.78, 5) is 0.305. The lowest BCUT2D eigenvalue weighted by atomic mass is 10.2. The Balaban J connectivity index is 2.79. The van der Waals surface area contributed by atoms with Crippen LogP contribution in [0.2, 0.25) is 0 Å². The second-order valence-electron chi connectivity index (χ2n) is 3.69. The molecule has 0 radical (unpaired) electrons. The summed E-state index contributed by atoms with van der Waals surface area (Å²) < 4.78 is 23.8. The van der Waals surface area contributed by atoms with Crippen LogP contribution in [0.3, 0.4) is 0 Å². The summed E-state index contributed by atoms with van der Waals surface area (Å²) in [6.07, 6.45) is 10.1. The van der Waals surface area contributed by atoms with Gasteiger partial charge < -0.3 is 0 Å². The Morgan fingerprint density at radius 2 is 1.50 bits per heavy atom. The van der Waals surface area contributed by atoms with Crippen molar-refractivity contribution in [2.24, 2.45) is 0 Å². The molecule has 0 unspecified atom stereocenters. The molecule has 0 saturated carbocycles. The Morgan fingerprint density at radius 1 is 0.944 bits per heavy atom. The standard InChI is InChI=1S/C15H16O2S/c1-3-4-5-6-7-8-13-18(16,17)15-11-9-14(2)10-12-15/h3-13H,1H2,2H3. The largest absolute Gasteiger partial charge is 0.219 e. The van der Waals surface area contributed by atoms with Crippen LogP contribution in [0.15, 0.2) is 77.6 Å². The third kappa shape index (κ3) is 4.55. The summed E-state index contributed by atoms with van der Waals surface area (Å²) >= 11 is 0. The zero-order valence-electron chi connectivity index (χ0n) is 10.3. The highest BCUT2D eigenvalue weighted by atomic mass is 32.2. The summed E-state index contributed by atoms with van der Waals surface area (Å²) in [5.74, 6) is 0. The Kier molecular flexibility index (Phi) is 5.33. The predicted molar refractivity (Wildman–Crippen MR) is 76.0 cm³/mol. The van der Waals surface area contributed by atoms with Crippen molar-refractivity contribution >= 4 is 9.84 Å². The minimum atomic E-state index is -3.35. The smallest absolute Gasteiger partial charge is 0.199 e. The highest BCUT2D eigenvalue weighted by Crippen LogP contribution is 2.12. The van der Waals surface area contributed by atoms with Gasteiger partial charge in [0.15, 0.2) is 9.84 Å². The first-order valence-electron chi connectivity index (χ1n) is 5.50. The van der Waals surface area contributed by atoms with E-state index >= 15 is 0 Å². The molecule has 1 rings (SSSR count). The molecule has 0 N–H and O–H groups in total. The molecule has 0 aliphatic carbocycles. The fourth-order valence-corrected chi connectivity index (χ4v) is 2.20. The van der Waals surface area contributed by atoms with Crippen LogP contribution >= 0.6 is 0 Å². The Hall–Kier alpha value is -1.87. The molecule has 0 amide bonds. The van der Waals surface area contributed by atoms with E-state index in [2.05, 4.69) is 6.58 Å². The van der Waals surface area contributed by atoms with Crippen LogP contribution in [0.1, 0.15) is 5.56 Å². The van der Waals surface area contributed by atoms with Gasteiger partial charge in [-0.3, -0.25) is 0 Å². The van der Waals surface area contributed by atoms with E-state index in [0.717, 1.165) is 5.56 Å². The van der Waals surface area contributed by atoms with Crippen LogP contribution in [0.4, 0.5) is 0 Å². The summed E-state index contributed by atoms with van der Waals surface area (Å²) in [5, 5.41) is 1.19. The van der Waals surface area contributed by atoms with Gasteiger partial charge in [-0.25, -0.2) is 8.42 Å². The molecule has 94 valence electrons. The summed E-state index contributed by atoms with van der Waals surface area (Å²) in [5.41, 5.74) is 1.03. The number of benzene rings is 1. The van der Waals surface area contributed by atoms with Crippen molar-refractivity contribution < 1.29 is 8.42 Å². The highest BCUT2D eigenvalue weighted by molar-refractivity contribution is 7.94. The van der Waals surface area contributed by atoms with E-state index in [4.69, 9.17) is 0 Å². The van der Waals surface area contributed by atoms with Crippen molar-refractivity contribution in [2.45, 2.75) is 11.8 Å². The topological polar surface area (TPSA) is 34.1 Å². The molecule has 0 aliphatic heterocycles. The monoisotopic (exact) mass is 260 g/mol. The molecule has 0 fully saturated rings. The van der Waals surface area contributed by atoms with Gasteiger partial charge >= 0.3 is 0 Å². The van der Waals surface area contributed by atoms with E-state index in [1.54, 1.807) is 54.6 Å². The zero-order valence-corrected chi connectivity index (χ0v) is 11.1. The first-order valence-corrected chi connectivity index (χ1v) is 7.05. The van der Waals surface area contributed by atoms with Crippen LogP contribution in [0.5, 0.6) is 0 Å². The van der Waals surface area contributed by atoms with Crippen molar-refractivity contribution in [2.75, 3.05) is 0 Å². The van der Waals surface area contributed by atoms with Crippen LogP contribution in [0.25, 0.3) is 0 Å². The molecule has 1 aromatic carbocycles. The molecule has 0 aliphatic rings. The SMILES string of the molecule is C=CC=CC=CC=CS(=O)(=O)c1ccc(C)cc1. The zero-order chi connectivity index (χ0) is 13.4. The molecule has 2 nitrogen and oxygen atoms in total. The lowest BCUT2D eigenvalue weighted by Gasteiger charge is -1.98. The van der Waals surface area contributed by atoms with E-state index in [1.165, 1.54) is 11.5 Å². The molecule has 3 heteroatoms. The average molecular weight is 260 g/mol. The van der Waals surface area contributed by atoms with E-state index in [-0.39, 0.29) is 0 Å². The van der Waals surface area contributed by atoms with Gasteiger partial charge in [0.1, 0.15) is 0 Å². The maximum Gasteiger partial charge on any atom is 0.199 e. The minimum Gasteiger partial charge on any atom is -0.219 e. The predicted octanol–water partition coefficient (Wildman–Crippen LogP) is 3.58. The summed E-state index contributed by atoms with van der Waals surface area (Å²) in [6.45, 7) is 5.45. The maximum absolute atomic E-state index is 11.9. The first kappa shape index (κ1) is 14.2.